The summed E-state index contributed by atoms with van der Waals surface area (Å²) < 4.78 is 5.14. The van der Waals surface area contributed by atoms with Gasteiger partial charge in [-0.3, -0.25) is 0 Å². The molecule has 2 rings (SSSR count). The molecule has 0 spiro atoms. The fourth-order valence-corrected chi connectivity index (χ4v) is 2.08. The zero-order valence-corrected chi connectivity index (χ0v) is 11.7. The molecule has 1 aromatic rings. The molecule has 0 aliphatic carbocycles. The second-order valence-electron chi connectivity index (χ2n) is 4.59. The number of benzene rings is 1. The van der Waals surface area contributed by atoms with E-state index < -0.39 is 0 Å². The first-order valence-electron chi connectivity index (χ1n) is 6.52. The third kappa shape index (κ3) is 5.94. The highest BCUT2D eigenvalue weighted by Crippen LogP contribution is 2.06. The second-order valence-corrected chi connectivity index (χ2v) is 4.59. The van der Waals surface area contributed by atoms with Crippen LogP contribution in [0.5, 0.6) is 0 Å². The molecule has 0 radical (unpaired) electrons. The monoisotopic (exact) mass is 284 g/mol. The molecule has 1 unspecified atom stereocenters. The highest BCUT2D eigenvalue weighted by atomic mass is 35.5. The fraction of sp³-hybridized carbons (Fsp3) is 0.500. The van der Waals surface area contributed by atoms with E-state index in [1.165, 1.54) is 12.8 Å². The van der Waals surface area contributed by atoms with Crippen molar-refractivity contribution in [2.24, 2.45) is 0 Å². The van der Waals surface area contributed by atoms with E-state index in [2.05, 4.69) is 10.6 Å². The number of carbonyl (C=O) groups is 1. The Morgan fingerprint density at radius 2 is 2.11 bits per heavy atom. The van der Waals surface area contributed by atoms with Crippen molar-refractivity contribution < 1.29 is 9.53 Å². The van der Waals surface area contributed by atoms with Gasteiger partial charge in [-0.25, -0.2) is 4.79 Å². The largest absolute Gasteiger partial charge is 0.445 e. The van der Waals surface area contributed by atoms with E-state index in [-0.39, 0.29) is 18.5 Å². The lowest BCUT2D eigenvalue weighted by atomic mass is 10.1. The number of alkyl carbamates (subject to hydrolysis) is 1. The van der Waals surface area contributed by atoms with Gasteiger partial charge in [-0.2, -0.15) is 0 Å². The number of rotatable bonds is 4. The molecule has 1 atom stereocenters. The molecular formula is C14H21ClN2O2. The number of piperidine rings is 1. The van der Waals surface area contributed by atoms with Crippen molar-refractivity contribution in [3.05, 3.63) is 35.9 Å². The summed E-state index contributed by atoms with van der Waals surface area (Å²) in [5.74, 6) is 0. The van der Waals surface area contributed by atoms with Gasteiger partial charge < -0.3 is 15.4 Å². The van der Waals surface area contributed by atoms with E-state index in [1.54, 1.807) is 0 Å². The van der Waals surface area contributed by atoms with Crippen LogP contribution in [0.3, 0.4) is 0 Å². The van der Waals surface area contributed by atoms with Crippen LogP contribution in [0.2, 0.25) is 0 Å². The minimum atomic E-state index is -0.341. The van der Waals surface area contributed by atoms with E-state index >= 15 is 0 Å². The first-order chi connectivity index (χ1) is 8.84. The van der Waals surface area contributed by atoms with Crippen LogP contribution in [0.4, 0.5) is 4.79 Å². The average Bonchev–Trinajstić information content (AvgIpc) is 2.45. The lowest BCUT2D eigenvalue weighted by molar-refractivity contribution is 0.138. The van der Waals surface area contributed by atoms with Gasteiger partial charge in [-0.1, -0.05) is 36.8 Å². The summed E-state index contributed by atoms with van der Waals surface area (Å²) >= 11 is 0. The summed E-state index contributed by atoms with van der Waals surface area (Å²) in [6.45, 7) is 2.02. The molecule has 0 bridgehead atoms. The second kappa shape index (κ2) is 8.77. The maximum Gasteiger partial charge on any atom is 0.407 e. The molecule has 0 saturated carbocycles. The van der Waals surface area contributed by atoms with E-state index in [1.807, 2.05) is 30.3 Å². The number of amides is 1. The Morgan fingerprint density at radius 1 is 1.32 bits per heavy atom. The standard InChI is InChI=1S/C14H20N2O2.ClH/c17-14(16-10-13-8-4-5-9-15-13)18-11-12-6-2-1-3-7-12;/h1-3,6-7,13,15H,4-5,8-11H2,(H,16,17);1H. The molecule has 1 heterocycles. The molecule has 1 amide bonds. The van der Waals surface area contributed by atoms with Crippen molar-refractivity contribution in [1.82, 2.24) is 10.6 Å². The Morgan fingerprint density at radius 3 is 2.79 bits per heavy atom. The number of hydrogen-bond acceptors (Lipinski definition) is 3. The van der Waals surface area contributed by atoms with E-state index in [0.29, 0.717) is 19.2 Å². The summed E-state index contributed by atoms with van der Waals surface area (Å²) in [6.07, 6.45) is 3.25. The lowest BCUT2D eigenvalue weighted by Crippen LogP contribution is -2.43. The van der Waals surface area contributed by atoms with Crippen molar-refractivity contribution in [1.29, 1.82) is 0 Å². The zero-order chi connectivity index (χ0) is 12.6. The molecule has 1 aliphatic heterocycles. The Kier molecular flexibility index (Phi) is 7.30. The first-order valence-corrected chi connectivity index (χ1v) is 6.52. The van der Waals surface area contributed by atoms with Crippen LogP contribution in [-0.2, 0) is 11.3 Å². The summed E-state index contributed by atoms with van der Waals surface area (Å²) in [5, 5.41) is 6.18. The fourth-order valence-electron chi connectivity index (χ4n) is 2.08. The Balaban J connectivity index is 0.00000180. The van der Waals surface area contributed by atoms with Crippen molar-refractivity contribution >= 4 is 18.5 Å². The minimum Gasteiger partial charge on any atom is -0.445 e. The maximum absolute atomic E-state index is 11.5. The summed E-state index contributed by atoms with van der Waals surface area (Å²) in [5.41, 5.74) is 1.00. The van der Waals surface area contributed by atoms with Crippen LogP contribution < -0.4 is 10.6 Å². The van der Waals surface area contributed by atoms with Gasteiger partial charge in [-0.15, -0.1) is 12.4 Å². The van der Waals surface area contributed by atoms with Gasteiger partial charge in [0.1, 0.15) is 6.61 Å². The zero-order valence-electron chi connectivity index (χ0n) is 10.9. The van der Waals surface area contributed by atoms with E-state index in [9.17, 15) is 4.79 Å². The van der Waals surface area contributed by atoms with Gasteiger partial charge >= 0.3 is 6.09 Å². The van der Waals surface area contributed by atoms with Crippen LogP contribution in [0.1, 0.15) is 24.8 Å². The predicted octanol–water partition coefficient (Wildman–Crippen LogP) is 2.48. The highest BCUT2D eigenvalue weighted by molar-refractivity contribution is 5.85. The SMILES string of the molecule is Cl.O=C(NCC1CCCCN1)OCc1ccccc1. The molecule has 4 nitrogen and oxygen atoms in total. The molecule has 1 saturated heterocycles. The number of hydrogen-bond donors (Lipinski definition) is 2. The molecular weight excluding hydrogens is 264 g/mol. The summed E-state index contributed by atoms with van der Waals surface area (Å²) in [6, 6.07) is 10.1. The van der Waals surface area contributed by atoms with Gasteiger partial charge in [0.25, 0.3) is 0 Å². The van der Waals surface area contributed by atoms with Crippen LogP contribution in [0.15, 0.2) is 30.3 Å². The Bertz CT molecular complexity index is 367. The van der Waals surface area contributed by atoms with Crippen LogP contribution in [0, 0.1) is 0 Å². The molecule has 106 valence electrons. The molecule has 1 fully saturated rings. The van der Waals surface area contributed by atoms with Gasteiger partial charge in [0.05, 0.1) is 0 Å². The van der Waals surface area contributed by atoms with Gasteiger partial charge in [0.2, 0.25) is 0 Å². The van der Waals surface area contributed by atoms with Gasteiger partial charge in [-0.05, 0) is 24.9 Å². The topological polar surface area (TPSA) is 50.4 Å². The third-order valence-corrected chi connectivity index (χ3v) is 3.12. The molecule has 0 aromatic heterocycles. The van der Waals surface area contributed by atoms with Crippen LogP contribution in [0.25, 0.3) is 0 Å². The van der Waals surface area contributed by atoms with Crippen LogP contribution in [-0.4, -0.2) is 25.2 Å². The predicted molar refractivity (Wildman–Crippen MR) is 77.5 cm³/mol. The van der Waals surface area contributed by atoms with E-state index in [0.717, 1.165) is 18.5 Å². The highest BCUT2D eigenvalue weighted by Gasteiger charge is 2.13. The smallest absolute Gasteiger partial charge is 0.407 e. The molecule has 2 N–H and O–H groups in total. The van der Waals surface area contributed by atoms with Crippen LogP contribution >= 0.6 is 12.4 Å². The van der Waals surface area contributed by atoms with Crippen molar-refractivity contribution in [2.45, 2.75) is 31.9 Å². The molecule has 19 heavy (non-hydrogen) atoms. The lowest BCUT2D eigenvalue weighted by Gasteiger charge is -2.23. The quantitative estimate of drug-likeness (QED) is 0.893. The third-order valence-electron chi connectivity index (χ3n) is 3.12. The Labute approximate surface area is 120 Å². The normalized spacial score (nSPS) is 18.2. The molecule has 5 heteroatoms. The van der Waals surface area contributed by atoms with Crippen molar-refractivity contribution in [2.75, 3.05) is 13.1 Å². The molecule has 1 aromatic carbocycles. The van der Waals surface area contributed by atoms with E-state index in [4.69, 9.17) is 4.74 Å². The number of ether oxygens (including phenoxy) is 1. The summed E-state index contributed by atoms with van der Waals surface area (Å²) in [4.78, 5) is 11.5. The summed E-state index contributed by atoms with van der Waals surface area (Å²) in [7, 11) is 0. The van der Waals surface area contributed by atoms with Gasteiger partial charge in [0, 0.05) is 12.6 Å². The van der Waals surface area contributed by atoms with Gasteiger partial charge in [0.15, 0.2) is 0 Å². The maximum atomic E-state index is 11.5. The average molecular weight is 285 g/mol. The number of halogens is 1. The van der Waals surface area contributed by atoms with Crippen molar-refractivity contribution in [3.8, 4) is 0 Å². The minimum absolute atomic E-state index is 0. The molecule has 1 aliphatic rings. The van der Waals surface area contributed by atoms with Crippen molar-refractivity contribution in [3.63, 3.8) is 0 Å². The number of nitrogens with one attached hydrogen (secondary N) is 2. The first kappa shape index (κ1) is 15.8. The Hall–Kier alpha value is -1.26. The number of carbonyl (C=O) groups excluding carboxylic acids is 1.